The number of nitrogens with zero attached hydrogens (tertiary/aromatic N) is 1. The zero-order valence-corrected chi connectivity index (χ0v) is 8.39. The predicted octanol–water partition coefficient (Wildman–Crippen LogP) is 1.94. The Balaban J connectivity index is 0.000000980. The number of rotatable bonds is 1. The summed E-state index contributed by atoms with van der Waals surface area (Å²) in [5, 5.41) is 2.71. The molecule has 0 fully saturated rings. The van der Waals surface area contributed by atoms with E-state index in [-0.39, 0.29) is 18.3 Å². The molecule has 0 unspecified atom stereocenters. The second-order valence-electron chi connectivity index (χ2n) is 2.79. The summed E-state index contributed by atoms with van der Waals surface area (Å²) in [6.07, 6.45) is 1.61. The lowest BCUT2D eigenvalue weighted by Crippen LogP contribution is -2.05. The van der Waals surface area contributed by atoms with Crippen LogP contribution in [0, 0.1) is 0 Å². The maximum atomic E-state index is 10.8. The van der Waals surface area contributed by atoms with Crippen molar-refractivity contribution in [2.24, 2.45) is 0 Å². The number of halogens is 1. The average Bonchev–Trinajstić information content (AvgIpc) is 2.51. The monoisotopic (exact) mass is 211 g/mol. The minimum Gasteiger partial charge on any atom is -0.345 e. The van der Waals surface area contributed by atoms with Crippen molar-refractivity contribution in [2.75, 3.05) is 5.32 Å². The molecule has 1 heterocycles. The quantitative estimate of drug-likeness (QED) is 0.758. The van der Waals surface area contributed by atoms with E-state index in [0.29, 0.717) is 0 Å². The molecule has 0 saturated heterocycles. The van der Waals surface area contributed by atoms with Gasteiger partial charge in [0.05, 0.1) is 17.5 Å². The lowest BCUT2D eigenvalue weighted by atomic mass is 10.2. The maximum absolute atomic E-state index is 10.8. The minimum absolute atomic E-state index is 0. The number of aromatic nitrogens is 2. The van der Waals surface area contributed by atoms with Gasteiger partial charge in [0.1, 0.15) is 5.52 Å². The number of carbonyl (C=O) groups excluding carboxylic acids is 1. The zero-order chi connectivity index (χ0) is 9.26. The summed E-state index contributed by atoms with van der Waals surface area (Å²) >= 11 is 0. The molecule has 0 aliphatic heterocycles. The Labute approximate surface area is 87.1 Å². The van der Waals surface area contributed by atoms with Gasteiger partial charge in [-0.3, -0.25) is 4.79 Å². The summed E-state index contributed by atoms with van der Waals surface area (Å²) in [5.41, 5.74) is 2.45. The van der Waals surface area contributed by atoms with E-state index < -0.39 is 0 Å². The summed E-state index contributed by atoms with van der Waals surface area (Å²) in [6.45, 7) is 1.48. The molecule has 2 rings (SSSR count). The Bertz CT molecular complexity index is 452. The van der Waals surface area contributed by atoms with Crippen LogP contribution in [0.15, 0.2) is 24.5 Å². The molecule has 1 aromatic heterocycles. The highest BCUT2D eigenvalue weighted by molar-refractivity contribution is 5.98. The molecule has 0 radical (unpaired) electrons. The van der Waals surface area contributed by atoms with Crippen LogP contribution in [0.3, 0.4) is 0 Å². The Morgan fingerprint density at radius 1 is 1.50 bits per heavy atom. The van der Waals surface area contributed by atoms with E-state index in [1.807, 2.05) is 18.2 Å². The highest BCUT2D eigenvalue weighted by Crippen LogP contribution is 2.18. The van der Waals surface area contributed by atoms with E-state index in [4.69, 9.17) is 0 Å². The van der Waals surface area contributed by atoms with Crippen molar-refractivity contribution < 1.29 is 4.79 Å². The number of H-pyrrole nitrogens is 1. The topological polar surface area (TPSA) is 57.8 Å². The highest BCUT2D eigenvalue weighted by atomic mass is 35.5. The lowest BCUT2D eigenvalue weighted by Gasteiger charge is -2.01. The molecule has 4 nitrogen and oxygen atoms in total. The van der Waals surface area contributed by atoms with E-state index in [0.717, 1.165) is 16.7 Å². The fourth-order valence-electron chi connectivity index (χ4n) is 1.26. The van der Waals surface area contributed by atoms with E-state index in [9.17, 15) is 4.79 Å². The summed E-state index contributed by atoms with van der Waals surface area (Å²) in [7, 11) is 0. The summed E-state index contributed by atoms with van der Waals surface area (Å²) in [5.74, 6) is -0.0875. The van der Waals surface area contributed by atoms with E-state index in [1.54, 1.807) is 6.33 Å². The minimum atomic E-state index is -0.0875. The van der Waals surface area contributed by atoms with Gasteiger partial charge in [0.2, 0.25) is 5.91 Å². The normalized spacial score (nSPS) is 9.50. The molecule has 14 heavy (non-hydrogen) atoms. The number of para-hydroxylation sites is 1. The van der Waals surface area contributed by atoms with Gasteiger partial charge in [0.25, 0.3) is 0 Å². The van der Waals surface area contributed by atoms with Gasteiger partial charge in [-0.1, -0.05) is 6.07 Å². The second-order valence-corrected chi connectivity index (χ2v) is 2.79. The molecular formula is C9H10ClN3O. The lowest BCUT2D eigenvalue weighted by molar-refractivity contribution is -0.114. The Hall–Kier alpha value is -1.55. The number of fused-ring (bicyclic) bond motifs is 1. The number of imidazole rings is 1. The first-order chi connectivity index (χ1) is 6.27. The van der Waals surface area contributed by atoms with Crippen LogP contribution in [0.2, 0.25) is 0 Å². The third kappa shape index (κ3) is 1.85. The number of carbonyl (C=O) groups is 1. The molecule has 0 saturated carbocycles. The van der Waals surface area contributed by atoms with Crippen LogP contribution in [0.25, 0.3) is 11.0 Å². The third-order valence-electron chi connectivity index (χ3n) is 1.76. The molecule has 0 bridgehead atoms. The highest BCUT2D eigenvalue weighted by Gasteiger charge is 2.02. The van der Waals surface area contributed by atoms with Crippen molar-refractivity contribution in [1.82, 2.24) is 9.97 Å². The molecule has 0 spiro atoms. The molecule has 1 aromatic carbocycles. The van der Waals surface area contributed by atoms with Gasteiger partial charge < -0.3 is 10.3 Å². The van der Waals surface area contributed by atoms with Gasteiger partial charge in [0, 0.05) is 6.92 Å². The molecule has 0 atom stereocenters. The Morgan fingerprint density at radius 3 is 3.00 bits per heavy atom. The van der Waals surface area contributed by atoms with Crippen LogP contribution in [-0.2, 0) is 4.79 Å². The number of anilines is 1. The smallest absolute Gasteiger partial charge is 0.221 e. The van der Waals surface area contributed by atoms with E-state index in [1.165, 1.54) is 6.92 Å². The largest absolute Gasteiger partial charge is 0.345 e. The molecule has 0 aliphatic carbocycles. The van der Waals surface area contributed by atoms with Crippen molar-refractivity contribution >= 4 is 35.0 Å². The number of nitrogens with one attached hydrogen (secondary N) is 2. The molecule has 1 amide bonds. The molecular weight excluding hydrogens is 202 g/mol. The standard InChI is InChI=1S/C9H9N3O.ClH/c1-6(13)12-8-4-2-3-7-9(8)11-5-10-7;/h2-5H,1H3,(H,10,11)(H,12,13);1H. The molecule has 2 aromatic rings. The van der Waals surface area contributed by atoms with Crippen molar-refractivity contribution in [3.8, 4) is 0 Å². The van der Waals surface area contributed by atoms with Crippen molar-refractivity contribution in [3.63, 3.8) is 0 Å². The number of hydrogen-bond donors (Lipinski definition) is 2. The average molecular weight is 212 g/mol. The zero-order valence-electron chi connectivity index (χ0n) is 7.57. The number of aromatic amines is 1. The van der Waals surface area contributed by atoms with Gasteiger partial charge in [0.15, 0.2) is 0 Å². The third-order valence-corrected chi connectivity index (χ3v) is 1.76. The number of amides is 1. The van der Waals surface area contributed by atoms with Crippen LogP contribution in [0.4, 0.5) is 5.69 Å². The van der Waals surface area contributed by atoms with Crippen molar-refractivity contribution in [3.05, 3.63) is 24.5 Å². The van der Waals surface area contributed by atoms with Crippen LogP contribution >= 0.6 is 12.4 Å². The van der Waals surface area contributed by atoms with Crippen LogP contribution in [0.5, 0.6) is 0 Å². The van der Waals surface area contributed by atoms with Crippen molar-refractivity contribution in [1.29, 1.82) is 0 Å². The Kier molecular flexibility index (Phi) is 3.09. The molecule has 74 valence electrons. The van der Waals surface area contributed by atoms with Crippen LogP contribution < -0.4 is 5.32 Å². The first-order valence-corrected chi connectivity index (χ1v) is 3.97. The maximum Gasteiger partial charge on any atom is 0.221 e. The van der Waals surface area contributed by atoms with Gasteiger partial charge in [-0.15, -0.1) is 12.4 Å². The van der Waals surface area contributed by atoms with E-state index >= 15 is 0 Å². The Morgan fingerprint density at radius 2 is 2.29 bits per heavy atom. The number of hydrogen-bond acceptors (Lipinski definition) is 2. The first kappa shape index (κ1) is 10.5. The molecule has 5 heteroatoms. The predicted molar refractivity (Wildman–Crippen MR) is 57.6 cm³/mol. The summed E-state index contributed by atoms with van der Waals surface area (Å²) in [4.78, 5) is 17.9. The van der Waals surface area contributed by atoms with Crippen LogP contribution in [-0.4, -0.2) is 15.9 Å². The molecule has 2 N–H and O–H groups in total. The first-order valence-electron chi connectivity index (χ1n) is 3.97. The van der Waals surface area contributed by atoms with Gasteiger partial charge in [-0.25, -0.2) is 4.98 Å². The van der Waals surface area contributed by atoms with Gasteiger partial charge >= 0.3 is 0 Å². The van der Waals surface area contributed by atoms with Crippen LogP contribution in [0.1, 0.15) is 6.92 Å². The fourth-order valence-corrected chi connectivity index (χ4v) is 1.26. The second kappa shape index (κ2) is 4.11. The van der Waals surface area contributed by atoms with Gasteiger partial charge in [-0.2, -0.15) is 0 Å². The van der Waals surface area contributed by atoms with Gasteiger partial charge in [-0.05, 0) is 12.1 Å². The summed E-state index contributed by atoms with van der Waals surface area (Å²) < 4.78 is 0. The molecule has 0 aliphatic rings. The number of benzene rings is 1. The SMILES string of the molecule is CC(=O)Nc1cccc2[nH]cnc12.Cl. The van der Waals surface area contributed by atoms with E-state index in [2.05, 4.69) is 15.3 Å². The fraction of sp³-hybridized carbons (Fsp3) is 0.111. The van der Waals surface area contributed by atoms with Crippen molar-refractivity contribution in [2.45, 2.75) is 6.92 Å². The summed E-state index contributed by atoms with van der Waals surface area (Å²) in [6, 6.07) is 5.60.